The molecule has 7 nitrogen and oxygen atoms in total. The number of fused-ring (bicyclic) bond motifs is 2. The first-order valence-corrected chi connectivity index (χ1v) is 8.31. The van der Waals surface area contributed by atoms with Gasteiger partial charge in [-0.05, 0) is 24.3 Å². The van der Waals surface area contributed by atoms with Gasteiger partial charge in [0.1, 0.15) is 25.4 Å². The van der Waals surface area contributed by atoms with Crippen LogP contribution in [-0.4, -0.2) is 42.7 Å². The molecule has 0 bridgehead atoms. The Hall–Kier alpha value is -3.35. The minimum Gasteiger partial charge on any atom is -0.486 e. The molecule has 26 heavy (non-hydrogen) atoms. The van der Waals surface area contributed by atoms with Crippen LogP contribution in [0, 0.1) is 0 Å². The average molecular weight is 350 g/mol. The third kappa shape index (κ3) is 3.23. The summed E-state index contributed by atoms with van der Waals surface area (Å²) in [5.74, 6) is 1.91. The second-order valence-corrected chi connectivity index (χ2v) is 5.98. The van der Waals surface area contributed by atoms with Crippen LogP contribution < -0.4 is 19.7 Å². The van der Waals surface area contributed by atoms with Crippen molar-refractivity contribution in [3.63, 3.8) is 0 Å². The standard InChI is InChI=1S/C19H18N4O3/c1-23(19-14-4-2-3-5-15(14)20-12-21-19)11-18(24)22-13-6-7-16-17(10-13)26-9-8-25-16/h2-7,10,12H,8-9,11H2,1H3,(H,22,24). The number of hydrogen-bond donors (Lipinski definition) is 1. The molecule has 0 aliphatic carbocycles. The fourth-order valence-electron chi connectivity index (χ4n) is 2.91. The highest BCUT2D eigenvalue weighted by Crippen LogP contribution is 2.32. The quantitative estimate of drug-likeness (QED) is 0.779. The van der Waals surface area contributed by atoms with E-state index < -0.39 is 0 Å². The molecule has 0 spiro atoms. The first kappa shape index (κ1) is 16.1. The number of carbonyl (C=O) groups excluding carboxylic acids is 1. The van der Waals surface area contributed by atoms with Crippen LogP contribution in [0.15, 0.2) is 48.8 Å². The molecule has 2 heterocycles. The Labute approximate surface area is 150 Å². The van der Waals surface area contributed by atoms with Crippen LogP contribution >= 0.6 is 0 Å². The lowest BCUT2D eigenvalue weighted by Crippen LogP contribution is -2.30. The van der Waals surface area contributed by atoms with E-state index in [1.54, 1.807) is 23.1 Å². The minimum absolute atomic E-state index is 0.146. The second-order valence-electron chi connectivity index (χ2n) is 5.98. The molecule has 1 amide bonds. The largest absolute Gasteiger partial charge is 0.486 e. The Balaban J connectivity index is 1.47. The molecule has 3 aromatic rings. The summed E-state index contributed by atoms with van der Waals surface area (Å²) in [7, 11) is 1.83. The number of aromatic nitrogens is 2. The van der Waals surface area contributed by atoms with Crippen molar-refractivity contribution >= 4 is 28.3 Å². The van der Waals surface area contributed by atoms with Crippen LogP contribution in [0.5, 0.6) is 11.5 Å². The predicted molar refractivity (Wildman–Crippen MR) is 98.9 cm³/mol. The summed E-state index contributed by atoms with van der Waals surface area (Å²) < 4.78 is 11.0. The fraction of sp³-hybridized carbons (Fsp3) is 0.211. The van der Waals surface area contributed by atoms with Gasteiger partial charge in [-0.15, -0.1) is 0 Å². The number of anilines is 2. The van der Waals surface area contributed by atoms with Crippen LogP contribution in [0.3, 0.4) is 0 Å². The Morgan fingerprint density at radius 3 is 2.81 bits per heavy atom. The highest BCUT2D eigenvalue weighted by molar-refractivity contribution is 5.96. The number of nitrogens with one attached hydrogen (secondary N) is 1. The lowest BCUT2D eigenvalue weighted by molar-refractivity contribution is -0.114. The van der Waals surface area contributed by atoms with Crippen molar-refractivity contribution < 1.29 is 14.3 Å². The maximum Gasteiger partial charge on any atom is 0.243 e. The summed E-state index contributed by atoms with van der Waals surface area (Å²) in [5.41, 5.74) is 1.51. The summed E-state index contributed by atoms with van der Waals surface area (Å²) >= 11 is 0. The normalized spacial score (nSPS) is 12.7. The third-order valence-electron chi connectivity index (χ3n) is 4.09. The first-order valence-electron chi connectivity index (χ1n) is 8.31. The van der Waals surface area contributed by atoms with Crippen LogP contribution in [0.25, 0.3) is 10.9 Å². The Bertz CT molecular complexity index is 955. The summed E-state index contributed by atoms with van der Waals surface area (Å²) in [6, 6.07) is 13.1. The van der Waals surface area contributed by atoms with Gasteiger partial charge >= 0.3 is 0 Å². The molecule has 0 saturated heterocycles. The Morgan fingerprint density at radius 2 is 1.92 bits per heavy atom. The lowest BCUT2D eigenvalue weighted by atomic mass is 10.2. The van der Waals surface area contributed by atoms with Crippen LogP contribution in [-0.2, 0) is 4.79 Å². The first-order chi connectivity index (χ1) is 12.7. The molecule has 0 unspecified atom stereocenters. The smallest absolute Gasteiger partial charge is 0.243 e. The van der Waals surface area contributed by atoms with E-state index >= 15 is 0 Å². The molecule has 4 rings (SSSR count). The van der Waals surface area contributed by atoms with Crippen LogP contribution in [0.2, 0.25) is 0 Å². The lowest BCUT2D eigenvalue weighted by Gasteiger charge is -2.20. The van der Waals surface area contributed by atoms with Gasteiger partial charge in [-0.3, -0.25) is 4.79 Å². The zero-order chi connectivity index (χ0) is 17.9. The van der Waals surface area contributed by atoms with Gasteiger partial charge in [0.25, 0.3) is 0 Å². The van der Waals surface area contributed by atoms with E-state index in [9.17, 15) is 4.79 Å². The van der Waals surface area contributed by atoms with Gasteiger partial charge in [0.05, 0.1) is 12.1 Å². The summed E-state index contributed by atoms with van der Waals surface area (Å²) in [6.45, 7) is 1.21. The Morgan fingerprint density at radius 1 is 1.12 bits per heavy atom. The van der Waals surface area contributed by atoms with Crippen molar-refractivity contribution in [2.24, 2.45) is 0 Å². The molecule has 2 aromatic carbocycles. The summed E-state index contributed by atoms with van der Waals surface area (Å²) in [6.07, 6.45) is 1.51. The highest BCUT2D eigenvalue weighted by Gasteiger charge is 2.15. The molecular weight excluding hydrogens is 332 g/mol. The zero-order valence-electron chi connectivity index (χ0n) is 14.3. The molecule has 132 valence electrons. The number of para-hydroxylation sites is 1. The predicted octanol–water partition coefficient (Wildman–Crippen LogP) is 2.48. The number of amides is 1. The number of nitrogens with zero attached hydrogens (tertiary/aromatic N) is 3. The van der Waals surface area contributed by atoms with E-state index in [-0.39, 0.29) is 12.5 Å². The molecule has 1 aromatic heterocycles. The topological polar surface area (TPSA) is 76.6 Å². The van der Waals surface area contributed by atoms with Crippen molar-refractivity contribution in [1.29, 1.82) is 0 Å². The van der Waals surface area contributed by atoms with Crippen molar-refractivity contribution in [2.45, 2.75) is 0 Å². The van der Waals surface area contributed by atoms with Crippen LogP contribution in [0.1, 0.15) is 0 Å². The van der Waals surface area contributed by atoms with Crippen LogP contribution in [0.4, 0.5) is 11.5 Å². The number of rotatable bonds is 4. The molecule has 0 saturated carbocycles. The monoisotopic (exact) mass is 350 g/mol. The van der Waals surface area contributed by atoms with Gasteiger partial charge < -0.3 is 19.7 Å². The zero-order valence-corrected chi connectivity index (χ0v) is 14.3. The minimum atomic E-state index is -0.146. The molecule has 1 N–H and O–H groups in total. The SMILES string of the molecule is CN(CC(=O)Nc1ccc2c(c1)OCCO2)c1ncnc2ccccc12. The second kappa shape index (κ2) is 6.87. The van der Waals surface area contributed by atoms with E-state index in [4.69, 9.17) is 9.47 Å². The molecule has 0 fully saturated rings. The van der Waals surface area contributed by atoms with Gasteiger partial charge in [-0.2, -0.15) is 0 Å². The van der Waals surface area contributed by atoms with Crippen molar-refractivity contribution in [1.82, 2.24) is 9.97 Å². The number of benzene rings is 2. The number of carbonyl (C=O) groups is 1. The van der Waals surface area contributed by atoms with Gasteiger partial charge in [0, 0.05) is 24.2 Å². The van der Waals surface area contributed by atoms with Gasteiger partial charge in [-0.1, -0.05) is 12.1 Å². The van der Waals surface area contributed by atoms with E-state index in [1.807, 2.05) is 31.3 Å². The van der Waals surface area contributed by atoms with E-state index in [2.05, 4.69) is 15.3 Å². The van der Waals surface area contributed by atoms with Crippen molar-refractivity contribution in [3.05, 3.63) is 48.8 Å². The summed E-state index contributed by atoms with van der Waals surface area (Å²) in [5, 5.41) is 3.79. The van der Waals surface area contributed by atoms with Crippen molar-refractivity contribution in [2.75, 3.05) is 37.0 Å². The molecule has 1 aliphatic heterocycles. The third-order valence-corrected chi connectivity index (χ3v) is 4.09. The fourth-order valence-corrected chi connectivity index (χ4v) is 2.91. The van der Waals surface area contributed by atoms with Gasteiger partial charge in [0.15, 0.2) is 11.5 Å². The average Bonchev–Trinajstić information content (AvgIpc) is 2.67. The maximum atomic E-state index is 12.4. The van der Waals surface area contributed by atoms with E-state index in [1.165, 1.54) is 6.33 Å². The number of hydrogen-bond acceptors (Lipinski definition) is 6. The summed E-state index contributed by atoms with van der Waals surface area (Å²) in [4.78, 5) is 22.8. The maximum absolute atomic E-state index is 12.4. The highest BCUT2D eigenvalue weighted by atomic mass is 16.6. The Kier molecular flexibility index (Phi) is 4.27. The molecule has 7 heteroatoms. The van der Waals surface area contributed by atoms with Crippen molar-refractivity contribution in [3.8, 4) is 11.5 Å². The molecule has 1 aliphatic rings. The molecular formula is C19H18N4O3. The molecule has 0 radical (unpaired) electrons. The molecule has 0 atom stereocenters. The number of likely N-dealkylation sites (N-methyl/N-ethyl adjacent to an activating group) is 1. The van der Waals surface area contributed by atoms with E-state index in [0.717, 1.165) is 10.9 Å². The van der Waals surface area contributed by atoms with Gasteiger partial charge in [-0.25, -0.2) is 9.97 Å². The van der Waals surface area contributed by atoms with Gasteiger partial charge in [0.2, 0.25) is 5.91 Å². The number of ether oxygens (including phenoxy) is 2. The van der Waals surface area contributed by atoms with E-state index in [0.29, 0.717) is 36.2 Å².